The first-order valence-corrected chi connectivity index (χ1v) is 7.12. The molecule has 1 N–H and O–H groups in total. The molecule has 0 aliphatic carbocycles. The summed E-state index contributed by atoms with van der Waals surface area (Å²) in [6.45, 7) is 0. The van der Waals surface area contributed by atoms with E-state index in [2.05, 4.69) is 5.32 Å². The number of hydrogen-bond donors (Lipinski definition) is 1. The van der Waals surface area contributed by atoms with Gasteiger partial charge in [0.2, 0.25) is 12.0 Å². The number of anilines is 1. The Hall–Kier alpha value is -3.36. The fourth-order valence-corrected chi connectivity index (χ4v) is 2.60. The zero-order valence-corrected chi connectivity index (χ0v) is 13.2. The molecule has 1 aliphatic heterocycles. The zero-order chi connectivity index (χ0) is 18.1. The highest BCUT2D eigenvalue weighted by atomic mass is 19.1. The van der Waals surface area contributed by atoms with Crippen molar-refractivity contribution in [2.45, 2.75) is 6.23 Å². The number of cyclic esters (lactones) is 1. The second kappa shape index (κ2) is 6.27. The summed E-state index contributed by atoms with van der Waals surface area (Å²) in [6.07, 6.45) is -0.896. The Morgan fingerprint density at radius 1 is 1.24 bits per heavy atom. The molecule has 25 heavy (non-hydrogen) atoms. The summed E-state index contributed by atoms with van der Waals surface area (Å²) < 4.78 is 29.1. The Morgan fingerprint density at radius 3 is 2.64 bits per heavy atom. The maximum Gasteiger partial charge on any atom is 0.344 e. The quantitative estimate of drug-likeness (QED) is 0.503. The lowest BCUT2D eigenvalue weighted by Gasteiger charge is -2.15. The van der Waals surface area contributed by atoms with Gasteiger partial charge in [-0.1, -0.05) is 0 Å². The maximum atomic E-state index is 13.4. The Bertz CT molecular complexity index is 870. The Kier molecular flexibility index (Phi) is 4.14. The topological polar surface area (TPSA) is 99.9 Å². The van der Waals surface area contributed by atoms with Gasteiger partial charge in [-0.25, -0.2) is 4.79 Å². The van der Waals surface area contributed by atoms with Gasteiger partial charge >= 0.3 is 11.7 Å². The molecule has 2 aromatic rings. The molecule has 1 heterocycles. The highest BCUT2D eigenvalue weighted by Gasteiger charge is 2.36. The molecular weight excluding hydrogens is 335 g/mol. The van der Waals surface area contributed by atoms with Crippen LogP contribution in [0.2, 0.25) is 0 Å². The second-order valence-corrected chi connectivity index (χ2v) is 5.12. The van der Waals surface area contributed by atoms with Gasteiger partial charge in [-0.3, -0.25) is 10.1 Å². The molecule has 0 spiro atoms. The molecule has 9 heteroatoms. The molecule has 8 nitrogen and oxygen atoms in total. The smallest absolute Gasteiger partial charge is 0.344 e. The highest BCUT2D eigenvalue weighted by molar-refractivity contribution is 5.98. The molecule has 1 aliphatic rings. The SMILES string of the molecule is COc1ccc2c(c1OC)C(=O)OC2Nc1ccc(F)c([N+](=O)[O-])c1. The van der Waals surface area contributed by atoms with Crippen LogP contribution in [-0.2, 0) is 4.74 Å². The maximum absolute atomic E-state index is 13.4. The first kappa shape index (κ1) is 16.5. The minimum atomic E-state index is -0.953. The van der Waals surface area contributed by atoms with E-state index in [9.17, 15) is 19.3 Å². The van der Waals surface area contributed by atoms with E-state index in [1.807, 2.05) is 0 Å². The molecule has 1 unspecified atom stereocenters. The molecule has 2 aromatic carbocycles. The predicted molar refractivity (Wildman–Crippen MR) is 84.4 cm³/mol. The van der Waals surface area contributed by atoms with Gasteiger partial charge in [0.05, 0.1) is 19.1 Å². The number of methoxy groups -OCH3 is 2. The van der Waals surface area contributed by atoms with Crippen molar-refractivity contribution >= 4 is 17.3 Å². The molecule has 130 valence electrons. The second-order valence-electron chi connectivity index (χ2n) is 5.12. The van der Waals surface area contributed by atoms with Crippen LogP contribution >= 0.6 is 0 Å². The lowest BCUT2D eigenvalue weighted by molar-refractivity contribution is -0.387. The average Bonchev–Trinajstić information content (AvgIpc) is 2.91. The lowest BCUT2D eigenvalue weighted by atomic mass is 10.1. The van der Waals surface area contributed by atoms with Crippen molar-refractivity contribution in [3.8, 4) is 11.5 Å². The molecular formula is C16H13FN2O6. The van der Waals surface area contributed by atoms with E-state index >= 15 is 0 Å². The van der Waals surface area contributed by atoms with Crippen molar-refractivity contribution < 1.29 is 28.3 Å². The highest BCUT2D eigenvalue weighted by Crippen LogP contribution is 2.42. The number of rotatable bonds is 5. The Labute approximate surface area is 141 Å². The number of nitrogens with one attached hydrogen (secondary N) is 1. The van der Waals surface area contributed by atoms with Crippen molar-refractivity contribution in [1.82, 2.24) is 0 Å². The molecule has 0 radical (unpaired) electrons. The van der Waals surface area contributed by atoms with Gasteiger partial charge in [-0.15, -0.1) is 0 Å². The van der Waals surface area contributed by atoms with Gasteiger partial charge in [0.25, 0.3) is 0 Å². The van der Waals surface area contributed by atoms with Crippen molar-refractivity contribution in [1.29, 1.82) is 0 Å². The number of nitro benzene ring substituents is 1. The number of fused-ring (bicyclic) bond motifs is 1. The van der Waals surface area contributed by atoms with Crippen molar-refractivity contribution in [3.63, 3.8) is 0 Å². The van der Waals surface area contributed by atoms with E-state index < -0.39 is 28.6 Å². The van der Waals surface area contributed by atoms with Gasteiger partial charge in [0, 0.05) is 17.3 Å². The fourth-order valence-electron chi connectivity index (χ4n) is 2.60. The van der Waals surface area contributed by atoms with Crippen molar-refractivity contribution in [2.75, 3.05) is 19.5 Å². The van der Waals surface area contributed by atoms with Crippen LogP contribution in [0.4, 0.5) is 15.8 Å². The minimum absolute atomic E-state index is 0.205. The van der Waals surface area contributed by atoms with Crippen LogP contribution in [0.25, 0.3) is 0 Å². The van der Waals surface area contributed by atoms with E-state index in [-0.39, 0.29) is 17.0 Å². The van der Waals surface area contributed by atoms with Crippen molar-refractivity contribution in [3.05, 3.63) is 57.4 Å². The third-order valence-corrected chi connectivity index (χ3v) is 3.73. The van der Waals surface area contributed by atoms with Crippen LogP contribution in [0.5, 0.6) is 11.5 Å². The molecule has 0 bridgehead atoms. The van der Waals surface area contributed by atoms with Gasteiger partial charge in [0.15, 0.2) is 11.5 Å². The van der Waals surface area contributed by atoms with Gasteiger partial charge < -0.3 is 19.5 Å². The number of halogens is 1. The van der Waals surface area contributed by atoms with Crippen LogP contribution in [0.15, 0.2) is 30.3 Å². The standard InChI is InChI=1S/C16H13FN2O6/c1-23-12-6-4-9-13(14(12)24-2)16(20)25-15(9)18-8-3-5-10(17)11(7-8)19(21)22/h3-7,15,18H,1-2H3. The summed E-state index contributed by atoms with van der Waals surface area (Å²) in [4.78, 5) is 22.2. The van der Waals surface area contributed by atoms with Crippen LogP contribution in [0.3, 0.4) is 0 Å². The van der Waals surface area contributed by atoms with Crippen LogP contribution in [0, 0.1) is 15.9 Å². The third kappa shape index (κ3) is 2.80. The van der Waals surface area contributed by atoms with Crippen LogP contribution < -0.4 is 14.8 Å². The molecule has 3 rings (SSSR count). The monoisotopic (exact) mass is 348 g/mol. The first-order valence-electron chi connectivity index (χ1n) is 7.12. The molecule has 0 aromatic heterocycles. The number of nitrogens with zero attached hydrogens (tertiary/aromatic N) is 1. The fraction of sp³-hybridized carbons (Fsp3) is 0.188. The molecule has 0 amide bonds. The number of hydrogen-bond acceptors (Lipinski definition) is 7. The Balaban J connectivity index is 1.97. The van der Waals surface area contributed by atoms with Gasteiger partial charge in [-0.2, -0.15) is 4.39 Å². The summed E-state index contributed by atoms with van der Waals surface area (Å²) in [5.74, 6) is -0.971. The number of nitro groups is 1. The normalized spacial score (nSPS) is 15.3. The first-order chi connectivity index (χ1) is 12.0. The summed E-state index contributed by atoms with van der Waals surface area (Å²) in [5, 5.41) is 13.7. The lowest BCUT2D eigenvalue weighted by Crippen LogP contribution is -2.10. The van der Waals surface area contributed by atoms with Crippen LogP contribution in [0.1, 0.15) is 22.1 Å². The summed E-state index contributed by atoms with van der Waals surface area (Å²) in [6, 6.07) is 6.54. The van der Waals surface area contributed by atoms with Crippen molar-refractivity contribution in [2.24, 2.45) is 0 Å². The van der Waals surface area contributed by atoms with E-state index in [0.29, 0.717) is 11.3 Å². The van der Waals surface area contributed by atoms with E-state index in [1.54, 1.807) is 12.1 Å². The predicted octanol–water partition coefficient (Wildman–Crippen LogP) is 3.03. The summed E-state index contributed by atoms with van der Waals surface area (Å²) >= 11 is 0. The number of benzene rings is 2. The zero-order valence-electron chi connectivity index (χ0n) is 13.2. The van der Waals surface area contributed by atoms with E-state index in [4.69, 9.17) is 14.2 Å². The Morgan fingerprint density at radius 2 is 2.00 bits per heavy atom. The number of ether oxygens (including phenoxy) is 3. The van der Waals surface area contributed by atoms with Crippen LogP contribution in [-0.4, -0.2) is 25.1 Å². The summed E-state index contributed by atoms with van der Waals surface area (Å²) in [5.41, 5.74) is 0.237. The van der Waals surface area contributed by atoms with Gasteiger partial charge in [0.1, 0.15) is 5.56 Å². The molecule has 1 atom stereocenters. The third-order valence-electron chi connectivity index (χ3n) is 3.73. The average molecular weight is 348 g/mol. The van der Waals surface area contributed by atoms with E-state index in [0.717, 1.165) is 12.1 Å². The molecule has 0 saturated carbocycles. The number of esters is 1. The number of carbonyl (C=O) groups excluding carboxylic acids is 1. The molecule has 0 saturated heterocycles. The largest absolute Gasteiger partial charge is 0.493 e. The van der Waals surface area contributed by atoms with E-state index in [1.165, 1.54) is 20.3 Å². The molecule has 0 fully saturated rings. The number of carbonyl (C=O) groups is 1. The summed E-state index contributed by atoms with van der Waals surface area (Å²) in [7, 11) is 2.84. The minimum Gasteiger partial charge on any atom is -0.493 e. The van der Waals surface area contributed by atoms with Gasteiger partial charge in [-0.05, 0) is 24.3 Å².